The molecule has 0 aliphatic rings. The van der Waals surface area contributed by atoms with E-state index in [2.05, 4.69) is 28.8 Å². The number of hydrogen-bond donors (Lipinski definition) is 0. The molecule has 1 rings (SSSR count). The van der Waals surface area contributed by atoms with E-state index in [0.717, 1.165) is 5.82 Å². The molecule has 1 unspecified atom stereocenters. The Bertz CT molecular complexity index is 236. The summed E-state index contributed by atoms with van der Waals surface area (Å²) in [5.41, 5.74) is 0. The molecule has 3 nitrogen and oxygen atoms in total. The molecule has 1 aromatic heterocycles. The molecule has 0 saturated heterocycles. The Balaban J connectivity index is 2.58. The first-order valence-electron chi connectivity index (χ1n) is 5.50. The molecule has 0 saturated carbocycles. The van der Waals surface area contributed by atoms with Crippen LogP contribution in [0.4, 0.5) is 0 Å². The van der Waals surface area contributed by atoms with Crippen LogP contribution < -0.4 is 0 Å². The minimum absolute atomic E-state index is 0.531. The number of unbranched alkanes of at least 4 members (excludes halogenated alkanes) is 1. The summed E-state index contributed by atoms with van der Waals surface area (Å²) in [6, 6.07) is 0. The van der Waals surface area contributed by atoms with E-state index in [1.54, 1.807) is 12.7 Å². The largest absolute Gasteiger partial charge is 0.225 e. The van der Waals surface area contributed by atoms with Gasteiger partial charge < -0.3 is 0 Å². The Morgan fingerprint density at radius 2 is 1.79 bits per heavy atom. The van der Waals surface area contributed by atoms with Crippen molar-refractivity contribution in [2.24, 2.45) is 0 Å². The highest BCUT2D eigenvalue weighted by Gasteiger charge is 2.12. The second-order valence-electron chi connectivity index (χ2n) is 3.62. The van der Waals surface area contributed by atoms with Crippen LogP contribution in [0.1, 0.15) is 57.7 Å². The number of nitrogens with zero attached hydrogens (tertiary/aromatic N) is 3. The molecule has 0 aliphatic heterocycles. The molecule has 0 amide bonds. The summed E-state index contributed by atoms with van der Waals surface area (Å²) in [6.45, 7) is 4.43. The standard InChI is InChI=1S/C11H19N3/c1-3-5-7-10(6-4-2)11-13-8-12-9-14-11/h8-10H,3-7H2,1-2H3. The fourth-order valence-corrected chi connectivity index (χ4v) is 1.66. The van der Waals surface area contributed by atoms with Crippen molar-refractivity contribution in [1.82, 2.24) is 15.0 Å². The van der Waals surface area contributed by atoms with Crippen LogP contribution >= 0.6 is 0 Å². The van der Waals surface area contributed by atoms with Crippen LogP contribution in [0, 0.1) is 0 Å². The van der Waals surface area contributed by atoms with Crippen molar-refractivity contribution in [3.63, 3.8) is 0 Å². The van der Waals surface area contributed by atoms with Gasteiger partial charge in [0.05, 0.1) is 0 Å². The summed E-state index contributed by atoms with van der Waals surface area (Å²) >= 11 is 0. The highest BCUT2D eigenvalue weighted by atomic mass is 15.0. The Morgan fingerprint density at radius 1 is 1.07 bits per heavy atom. The minimum atomic E-state index is 0.531. The summed E-state index contributed by atoms with van der Waals surface area (Å²) in [5.74, 6) is 1.50. The first-order chi connectivity index (χ1) is 6.88. The van der Waals surface area contributed by atoms with Gasteiger partial charge in [-0.3, -0.25) is 0 Å². The molecule has 0 aromatic carbocycles. The molecule has 0 N–H and O–H groups in total. The lowest BCUT2D eigenvalue weighted by Crippen LogP contribution is -2.04. The zero-order valence-corrected chi connectivity index (χ0v) is 9.11. The van der Waals surface area contributed by atoms with Gasteiger partial charge in [0.2, 0.25) is 0 Å². The molecule has 78 valence electrons. The smallest absolute Gasteiger partial charge is 0.135 e. The average Bonchev–Trinajstić information content (AvgIpc) is 2.25. The molecule has 0 fully saturated rings. The normalized spacial score (nSPS) is 12.7. The van der Waals surface area contributed by atoms with E-state index in [4.69, 9.17) is 0 Å². The molecule has 0 spiro atoms. The van der Waals surface area contributed by atoms with Crippen molar-refractivity contribution < 1.29 is 0 Å². The molecular formula is C11H19N3. The van der Waals surface area contributed by atoms with E-state index >= 15 is 0 Å². The summed E-state index contributed by atoms with van der Waals surface area (Å²) in [6.07, 6.45) is 9.27. The second-order valence-corrected chi connectivity index (χ2v) is 3.62. The molecule has 1 aromatic rings. The van der Waals surface area contributed by atoms with Crippen molar-refractivity contribution >= 4 is 0 Å². The van der Waals surface area contributed by atoms with Gasteiger partial charge in [0, 0.05) is 5.92 Å². The maximum atomic E-state index is 4.23. The summed E-state index contributed by atoms with van der Waals surface area (Å²) in [5, 5.41) is 0. The molecule has 0 radical (unpaired) electrons. The van der Waals surface area contributed by atoms with Crippen LogP contribution in [-0.2, 0) is 0 Å². The molecule has 1 heterocycles. The first kappa shape index (κ1) is 11.1. The SMILES string of the molecule is CCCCC(CCC)c1ncncn1. The van der Waals surface area contributed by atoms with Crippen LogP contribution in [-0.4, -0.2) is 15.0 Å². The average molecular weight is 193 g/mol. The third-order valence-electron chi connectivity index (χ3n) is 2.42. The predicted molar refractivity (Wildman–Crippen MR) is 57.0 cm³/mol. The quantitative estimate of drug-likeness (QED) is 0.697. The van der Waals surface area contributed by atoms with Crippen molar-refractivity contribution in [3.05, 3.63) is 18.5 Å². The highest BCUT2D eigenvalue weighted by molar-refractivity contribution is 4.93. The lowest BCUT2D eigenvalue weighted by Gasteiger charge is -2.13. The Kier molecular flexibility index (Phi) is 5.12. The van der Waals surface area contributed by atoms with Gasteiger partial charge >= 0.3 is 0 Å². The first-order valence-corrected chi connectivity index (χ1v) is 5.50. The third-order valence-corrected chi connectivity index (χ3v) is 2.42. The monoisotopic (exact) mass is 193 g/mol. The highest BCUT2D eigenvalue weighted by Crippen LogP contribution is 2.23. The van der Waals surface area contributed by atoms with Gasteiger partial charge in [0.1, 0.15) is 18.5 Å². The molecule has 0 aliphatic carbocycles. The molecule has 3 heteroatoms. The van der Waals surface area contributed by atoms with Crippen molar-refractivity contribution in [3.8, 4) is 0 Å². The van der Waals surface area contributed by atoms with E-state index in [9.17, 15) is 0 Å². The van der Waals surface area contributed by atoms with Crippen LogP contribution in [0.3, 0.4) is 0 Å². The van der Waals surface area contributed by atoms with Gasteiger partial charge in [-0.15, -0.1) is 0 Å². The molecular weight excluding hydrogens is 174 g/mol. The van der Waals surface area contributed by atoms with E-state index in [0.29, 0.717) is 5.92 Å². The predicted octanol–water partition coefficient (Wildman–Crippen LogP) is 2.95. The Hall–Kier alpha value is -0.990. The third kappa shape index (κ3) is 3.40. The van der Waals surface area contributed by atoms with Gasteiger partial charge in [0.15, 0.2) is 0 Å². The maximum Gasteiger partial charge on any atom is 0.135 e. The van der Waals surface area contributed by atoms with Crippen molar-refractivity contribution in [2.45, 2.75) is 51.9 Å². The zero-order valence-electron chi connectivity index (χ0n) is 9.11. The lowest BCUT2D eigenvalue weighted by molar-refractivity contribution is 0.515. The van der Waals surface area contributed by atoms with Crippen LogP contribution in [0.25, 0.3) is 0 Å². The summed E-state index contributed by atoms with van der Waals surface area (Å²) < 4.78 is 0. The Morgan fingerprint density at radius 3 is 2.36 bits per heavy atom. The summed E-state index contributed by atoms with van der Waals surface area (Å²) in [7, 11) is 0. The summed E-state index contributed by atoms with van der Waals surface area (Å²) in [4.78, 5) is 12.3. The molecule has 0 bridgehead atoms. The second kappa shape index (κ2) is 6.46. The topological polar surface area (TPSA) is 38.7 Å². The Labute approximate surface area is 86.0 Å². The fourth-order valence-electron chi connectivity index (χ4n) is 1.66. The van der Waals surface area contributed by atoms with E-state index in [1.165, 1.54) is 32.1 Å². The van der Waals surface area contributed by atoms with Gasteiger partial charge in [-0.1, -0.05) is 33.1 Å². The van der Waals surface area contributed by atoms with Gasteiger partial charge in [-0.2, -0.15) is 0 Å². The van der Waals surface area contributed by atoms with E-state index in [1.807, 2.05) is 0 Å². The van der Waals surface area contributed by atoms with Crippen LogP contribution in [0.5, 0.6) is 0 Å². The van der Waals surface area contributed by atoms with Gasteiger partial charge in [0.25, 0.3) is 0 Å². The molecule has 1 atom stereocenters. The lowest BCUT2D eigenvalue weighted by atomic mass is 9.96. The van der Waals surface area contributed by atoms with E-state index in [-0.39, 0.29) is 0 Å². The number of aromatic nitrogens is 3. The van der Waals surface area contributed by atoms with Gasteiger partial charge in [-0.25, -0.2) is 15.0 Å². The number of hydrogen-bond acceptors (Lipinski definition) is 3. The van der Waals surface area contributed by atoms with Crippen molar-refractivity contribution in [2.75, 3.05) is 0 Å². The van der Waals surface area contributed by atoms with E-state index < -0.39 is 0 Å². The maximum absolute atomic E-state index is 4.23. The van der Waals surface area contributed by atoms with Crippen LogP contribution in [0.2, 0.25) is 0 Å². The zero-order chi connectivity index (χ0) is 10.2. The van der Waals surface area contributed by atoms with Crippen molar-refractivity contribution in [1.29, 1.82) is 0 Å². The minimum Gasteiger partial charge on any atom is -0.225 e. The van der Waals surface area contributed by atoms with Gasteiger partial charge in [-0.05, 0) is 12.8 Å². The van der Waals surface area contributed by atoms with Crippen LogP contribution in [0.15, 0.2) is 12.7 Å². The number of rotatable bonds is 6. The fraction of sp³-hybridized carbons (Fsp3) is 0.727. The molecule has 14 heavy (non-hydrogen) atoms.